The molecule has 0 atom stereocenters. The molecule has 1 nitrogen and oxygen atoms in total. The van der Waals surface area contributed by atoms with Crippen molar-refractivity contribution in [2.75, 3.05) is 4.90 Å². The smallest absolute Gasteiger partial charge is 0.0714 e. The largest absolute Gasteiger partial charge is 0.310 e. The monoisotopic (exact) mass is 780 g/mol. The molecule has 10 aromatic carbocycles. The van der Waals surface area contributed by atoms with Gasteiger partial charge in [0.2, 0.25) is 0 Å². The minimum absolute atomic E-state index is 0.0333. The van der Waals surface area contributed by atoms with Gasteiger partial charge < -0.3 is 4.90 Å². The molecule has 0 saturated carbocycles. The number of benzene rings is 10. The summed E-state index contributed by atoms with van der Waals surface area (Å²) in [6, 6.07) is 33.0. The van der Waals surface area contributed by atoms with Crippen LogP contribution in [0.5, 0.6) is 0 Å². The molecule has 0 saturated heterocycles. The number of hydrogen-bond acceptors (Lipinski definition) is 1. The Morgan fingerprint density at radius 2 is 0.900 bits per heavy atom. The van der Waals surface area contributed by atoms with E-state index in [2.05, 4.69) is 6.07 Å². The van der Waals surface area contributed by atoms with Crippen LogP contribution in [0.25, 0.3) is 55.3 Å². The van der Waals surface area contributed by atoms with Crippen LogP contribution in [0.4, 0.5) is 17.1 Å². The summed E-state index contributed by atoms with van der Waals surface area (Å²) in [5, 5.41) is 1.41. The van der Waals surface area contributed by atoms with Gasteiger partial charge in [-0.3, -0.25) is 0 Å². The molecule has 282 valence electrons. The maximum atomic E-state index is 10.1. The van der Waals surface area contributed by atoms with Crippen LogP contribution in [0, 0.1) is 0 Å². The fourth-order valence-corrected chi connectivity index (χ4v) is 8.45. The van der Waals surface area contributed by atoms with E-state index in [-0.39, 0.29) is 16.9 Å². The fourth-order valence-electron chi connectivity index (χ4n) is 8.45. The summed E-state index contributed by atoms with van der Waals surface area (Å²) in [6.45, 7) is 0. The molecule has 0 spiro atoms. The quantitative estimate of drug-likeness (QED) is 0.148. The van der Waals surface area contributed by atoms with Crippen LogP contribution in [0.1, 0.15) is 45.6 Å². The van der Waals surface area contributed by atoms with E-state index in [0.717, 1.165) is 38.8 Å². The van der Waals surface area contributed by atoms with E-state index in [4.69, 9.17) is 9.60 Å². The summed E-state index contributed by atoms with van der Waals surface area (Å²) in [7, 11) is 0. The third kappa shape index (κ3) is 5.94. The minimum Gasteiger partial charge on any atom is -0.310 e. The molecule has 10 aromatic rings. The van der Waals surface area contributed by atoms with Gasteiger partial charge in [-0.05, 0) is 114 Å². The molecule has 0 aliphatic heterocycles. The lowest BCUT2D eigenvalue weighted by Crippen LogP contribution is -2.28. The van der Waals surface area contributed by atoms with Crippen LogP contribution in [-0.2, 0) is 5.41 Å². The Labute approximate surface area is 376 Å². The Morgan fingerprint density at radius 3 is 1.62 bits per heavy atom. The van der Waals surface area contributed by atoms with Gasteiger partial charge in [-0.25, -0.2) is 0 Å². The molecule has 11 rings (SSSR count). The predicted octanol–water partition coefficient (Wildman–Crippen LogP) is 15.7. The van der Waals surface area contributed by atoms with E-state index in [1.165, 1.54) is 4.90 Å². The summed E-state index contributed by atoms with van der Waals surface area (Å²) < 4.78 is 156. The zero-order valence-corrected chi connectivity index (χ0v) is 31.8. The molecule has 0 radical (unpaired) electrons. The van der Waals surface area contributed by atoms with Crippen molar-refractivity contribution < 1.29 is 23.3 Å². The summed E-state index contributed by atoms with van der Waals surface area (Å²) in [4.78, 5) is 1.24. The molecule has 0 N–H and O–H groups in total. The van der Waals surface area contributed by atoms with Crippen molar-refractivity contribution in [2.45, 2.75) is 5.41 Å². The lowest BCUT2D eigenvalue weighted by atomic mass is 9.67. The second-order valence-corrected chi connectivity index (χ2v) is 14.3. The van der Waals surface area contributed by atoms with Crippen molar-refractivity contribution in [3.05, 3.63) is 271 Å². The Morgan fingerprint density at radius 1 is 0.350 bits per heavy atom. The molecule has 0 fully saturated rings. The third-order valence-corrected chi connectivity index (χ3v) is 11.1. The zero-order valence-electron chi connectivity index (χ0n) is 48.8. The lowest BCUT2D eigenvalue weighted by molar-refractivity contribution is 0.768. The standard InChI is InChI=1S/C59H41N/c1-4-16-42(17-5-1)43-30-32-44(33-31-43)45-34-36-50(37-35-45)60(51-25-14-20-47(40-51)54-28-15-19-46-18-10-11-26-53(46)54)52-38-39-56-55-27-12-13-29-57(55)59(58(56)41-52,48-21-6-2-7-22-48)49-23-8-3-9-24-49/h1-41H/i1D,4D,5D,14D,16D,17D,20D,25D,30D,31D,32D,33D,34D,35D,36D,37D,40D. The molecule has 1 aliphatic carbocycles. The van der Waals surface area contributed by atoms with Gasteiger partial charge in [-0.1, -0.05) is 212 Å². The highest BCUT2D eigenvalue weighted by Crippen LogP contribution is 2.57. The first-order chi connectivity index (χ1) is 36.9. The number of fused-ring (bicyclic) bond motifs is 4. The van der Waals surface area contributed by atoms with Crippen molar-refractivity contribution in [3.8, 4) is 44.5 Å². The van der Waals surface area contributed by atoms with Crippen molar-refractivity contribution in [2.24, 2.45) is 0 Å². The summed E-state index contributed by atoms with van der Waals surface area (Å²) in [6.07, 6.45) is 0. The maximum Gasteiger partial charge on any atom is 0.0714 e. The highest BCUT2D eigenvalue weighted by Gasteiger charge is 2.46. The van der Waals surface area contributed by atoms with Crippen LogP contribution >= 0.6 is 0 Å². The highest BCUT2D eigenvalue weighted by atomic mass is 15.1. The SMILES string of the molecule is [2H]c1c([2H])c([2H])c(-c2c([2H])c([2H])c(-c3c([2H])c([2H])c(N(c4ccc5c(c4)C(c4ccccc4)(c4ccccc4)c4ccccc4-5)c4c([2H])c([2H])c([2H])c(-c5cccc6ccccc56)c4[2H])c([2H])c3[2H])c([2H])c2[2H])c([2H])c1[2H]. The molecule has 0 heterocycles. The van der Waals surface area contributed by atoms with E-state index in [0.29, 0.717) is 10.9 Å². The summed E-state index contributed by atoms with van der Waals surface area (Å²) >= 11 is 0. The first-order valence-corrected chi connectivity index (χ1v) is 19.4. The zero-order chi connectivity index (χ0) is 54.7. The molecule has 0 aromatic heterocycles. The normalized spacial score (nSPS) is 16.4. The first-order valence-electron chi connectivity index (χ1n) is 27.9. The number of nitrogens with zero attached hydrogens (tertiary/aromatic N) is 1. The number of anilines is 3. The van der Waals surface area contributed by atoms with Gasteiger partial charge in [-0.2, -0.15) is 0 Å². The maximum absolute atomic E-state index is 10.1. The van der Waals surface area contributed by atoms with Crippen LogP contribution in [0.3, 0.4) is 0 Å². The number of rotatable bonds is 8. The second kappa shape index (κ2) is 14.9. The van der Waals surface area contributed by atoms with Crippen LogP contribution in [0.2, 0.25) is 0 Å². The molecule has 1 aliphatic rings. The predicted molar refractivity (Wildman–Crippen MR) is 252 cm³/mol. The van der Waals surface area contributed by atoms with Gasteiger partial charge in [0.15, 0.2) is 0 Å². The van der Waals surface area contributed by atoms with Crippen molar-refractivity contribution in [3.63, 3.8) is 0 Å². The average molecular weight is 781 g/mol. The summed E-state index contributed by atoms with van der Waals surface area (Å²) in [5.74, 6) is 0. The second-order valence-electron chi connectivity index (χ2n) is 14.3. The van der Waals surface area contributed by atoms with E-state index < -0.39 is 136 Å². The molecular weight excluding hydrogens is 723 g/mol. The van der Waals surface area contributed by atoms with E-state index >= 15 is 0 Å². The van der Waals surface area contributed by atoms with Crippen LogP contribution in [-0.4, -0.2) is 0 Å². The Bertz CT molecular complexity index is 4010. The molecular formula is C59H41N. The summed E-state index contributed by atoms with van der Waals surface area (Å²) in [5.41, 5.74) is 1.28. The Balaban J connectivity index is 1.23. The van der Waals surface area contributed by atoms with Gasteiger partial charge in [-0.15, -0.1) is 0 Å². The van der Waals surface area contributed by atoms with Crippen molar-refractivity contribution in [1.29, 1.82) is 0 Å². The fraction of sp³-hybridized carbons (Fsp3) is 0.0169. The van der Waals surface area contributed by atoms with E-state index in [9.17, 15) is 13.7 Å². The van der Waals surface area contributed by atoms with E-state index in [1.807, 2.05) is 115 Å². The van der Waals surface area contributed by atoms with Crippen molar-refractivity contribution >= 4 is 27.8 Å². The molecule has 60 heavy (non-hydrogen) atoms. The van der Waals surface area contributed by atoms with Gasteiger partial charge in [0.1, 0.15) is 0 Å². The van der Waals surface area contributed by atoms with Crippen LogP contribution in [0.15, 0.2) is 248 Å². The van der Waals surface area contributed by atoms with E-state index in [1.54, 1.807) is 24.3 Å². The first kappa shape index (κ1) is 21.9. The highest BCUT2D eigenvalue weighted by molar-refractivity contribution is 5.98. The molecule has 0 unspecified atom stereocenters. The Hall–Kier alpha value is -7.74. The van der Waals surface area contributed by atoms with Gasteiger partial charge in [0.05, 0.1) is 28.7 Å². The Kier molecular flexibility index (Phi) is 5.42. The molecule has 0 bridgehead atoms. The lowest BCUT2D eigenvalue weighted by Gasteiger charge is -2.35. The minimum atomic E-state index is -1.01. The molecule has 1 heteroatoms. The topological polar surface area (TPSA) is 3.24 Å². The van der Waals surface area contributed by atoms with Crippen LogP contribution < -0.4 is 4.90 Å². The van der Waals surface area contributed by atoms with Gasteiger partial charge in [0.25, 0.3) is 0 Å². The third-order valence-electron chi connectivity index (χ3n) is 11.1. The average Bonchev–Trinajstić information content (AvgIpc) is 3.96. The van der Waals surface area contributed by atoms with Gasteiger partial charge in [0, 0.05) is 17.1 Å². The molecule has 0 amide bonds. The van der Waals surface area contributed by atoms with Gasteiger partial charge >= 0.3 is 0 Å². The van der Waals surface area contributed by atoms with Crippen molar-refractivity contribution in [1.82, 2.24) is 0 Å². The number of hydrogen-bond donors (Lipinski definition) is 0.